The zero-order chi connectivity index (χ0) is 19.5. The summed E-state index contributed by atoms with van der Waals surface area (Å²) in [6.45, 7) is 1.84. The first-order valence-electron chi connectivity index (χ1n) is 8.47. The fourth-order valence-corrected chi connectivity index (χ4v) is 2.84. The maximum absolute atomic E-state index is 12.3. The predicted octanol–water partition coefficient (Wildman–Crippen LogP) is 4.24. The SMILES string of the molecule is Cc1ccnn1-c1ccc(C(=O)OCc2nc(-c3cccc(Cl)c3)no2)cc1. The quantitative estimate of drug-likeness (QED) is 0.471. The number of carbonyl (C=O) groups is 1. The van der Waals surface area contributed by atoms with Crippen molar-refractivity contribution in [3.05, 3.63) is 83.0 Å². The molecule has 0 atom stereocenters. The third kappa shape index (κ3) is 3.79. The van der Waals surface area contributed by atoms with Gasteiger partial charge in [-0.1, -0.05) is 28.9 Å². The van der Waals surface area contributed by atoms with Crippen molar-refractivity contribution in [2.45, 2.75) is 13.5 Å². The highest BCUT2D eigenvalue weighted by molar-refractivity contribution is 6.30. The van der Waals surface area contributed by atoms with Crippen molar-refractivity contribution < 1.29 is 14.1 Å². The topological polar surface area (TPSA) is 83.0 Å². The van der Waals surface area contributed by atoms with Crippen molar-refractivity contribution in [2.24, 2.45) is 0 Å². The number of aryl methyl sites for hydroxylation is 1. The van der Waals surface area contributed by atoms with Crippen molar-refractivity contribution in [3.63, 3.8) is 0 Å². The fourth-order valence-electron chi connectivity index (χ4n) is 2.65. The van der Waals surface area contributed by atoms with Gasteiger partial charge in [0.2, 0.25) is 5.82 Å². The summed E-state index contributed by atoms with van der Waals surface area (Å²) in [5.74, 6) is 0.103. The van der Waals surface area contributed by atoms with Crippen LogP contribution in [0.1, 0.15) is 21.9 Å². The van der Waals surface area contributed by atoms with Gasteiger partial charge in [-0.05, 0) is 49.4 Å². The molecule has 2 aromatic heterocycles. The summed E-state index contributed by atoms with van der Waals surface area (Å²) in [5, 5.41) is 8.69. The van der Waals surface area contributed by atoms with E-state index in [4.69, 9.17) is 20.9 Å². The molecule has 0 aliphatic rings. The molecule has 28 heavy (non-hydrogen) atoms. The number of rotatable bonds is 5. The minimum absolute atomic E-state index is 0.119. The molecule has 0 bridgehead atoms. The number of esters is 1. The van der Waals surface area contributed by atoms with E-state index in [2.05, 4.69) is 15.2 Å². The molecule has 2 heterocycles. The average Bonchev–Trinajstić information content (AvgIpc) is 3.35. The Bertz CT molecular complexity index is 1120. The molecule has 4 aromatic rings. The highest BCUT2D eigenvalue weighted by Gasteiger charge is 2.13. The molecule has 0 amide bonds. The fraction of sp³-hybridized carbons (Fsp3) is 0.100. The van der Waals surface area contributed by atoms with Gasteiger partial charge in [0.15, 0.2) is 6.61 Å². The largest absolute Gasteiger partial charge is 0.452 e. The summed E-state index contributed by atoms with van der Waals surface area (Å²) in [5.41, 5.74) is 3.01. The molecule has 0 saturated heterocycles. The molecule has 0 aliphatic carbocycles. The van der Waals surface area contributed by atoms with Gasteiger partial charge >= 0.3 is 5.97 Å². The van der Waals surface area contributed by atoms with Crippen molar-refractivity contribution >= 4 is 17.6 Å². The van der Waals surface area contributed by atoms with Gasteiger partial charge in [-0.2, -0.15) is 10.1 Å². The molecule has 8 heteroatoms. The molecule has 0 aliphatic heterocycles. The lowest BCUT2D eigenvalue weighted by molar-refractivity contribution is 0.0430. The molecule has 0 unspecified atom stereocenters. The van der Waals surface area contributed by atoms with Crippen LogP contribution in [-0.2, 0) is 11.3 Å². The Labute approximate surface area is 165 Å². The first kappa shape index (κ1) is 17.9. The Hall–Kier alpha value is -3.45. The number of halogens is 1. The van der Waals surface area contributed by atoms with Gasteiger partial charge in [-0.15, -0.1) is 0 Å². The first-order valence-corrected chi connectivity index (χ1v) is 8.85. The second-order valence-electron chi connectivity index (χ2n) is 6.03. The van der Waals surface area contributed by atoms with Crippen LogP contribution in [0.3, 0.4) is 0 Å². The molecule has 0 radical (unpaired) electrons. The summed E-state index contributed by atoms with van der Waals surface area (Å²) >= 11 is 5.96. The zero-order valence-corrected chi connectivity index (χ0v) is 15.6. The van der Waals surface area contributed by atoms with Gasteiger partial charge in [0.05, 0.1) is 11.3 Å². The zero-order valence-electron chi connectivity index (χ0n) is 14.9. The molecule has 0 N–H and O–H groups in total. The van der Waals surface area contributed by atoms with Gasteiger partial charge < -0.3 is 9.26 Å². The van der Waals surface area contributed by atoms with Crippen LogP contribution < -0.4 is 0 Å². The molecular formula is C20H15ClN4O3. The van der Waals surface area contributed by atoms with Gasteiger partial charge in [0, 0.05) is 22.5 Å². The van der Waals surface area contributed by atoms with Crippen LogP contribution in [0.15, 0.2) is 65.3 Å². The van der Waals surface area contributed by atoms with Crippen molar-refractivity contribution in [1.82, 2.24) is 19.9 Å². The third-order valence-corrected chi connectivity index (χ3v) is 4.29. The molecule has 0 spiro atoms. The van der Waals surface area contributed by atoms with Crippen LogP contribution in [0.25, 0.3) is 17.1 Å². The maximum atomic E-state index is 12.3. The lowest BCUT2D eigenvalue weighted by Gasteiger charge is -2.06. The van der Waals surface area contributed by atoms with Crippen LogP contribution >= 0.6 is 11.6 Å². The maximum Gasteiger partial charge on any atom is 0.338 e. The van der Waals surface area contributed by atoms with Crippen molar-refractivity contribution in [3.8, 4) is 17.1 Å². The standard InChI is InChI=1S/C20H15ClN4O3/c1-13-9-10-22-25(13)17-7-5-14(6-8-17)20(26)27-12-18-23-19(24-28-18)15-3-2-4-16(21)11-15/h2-11H,12H2,1H3. The smallest absolute Gasteiger partial charge is 0.338 e. The Morgan fingerprint density at radius 2 is 2.00 bits per heavy atom. The molecule has 7 nitrogen and oxygen atoms in total. The van der Waals surface area contributed by atoms with E-state index >= 15 is 0 Å². The lowest BCUT2D eigenvalue weighted by Crippen LogP contribution is -2.06. The third-order valence-electron chi connectivity index (χ3n) is 4.06. The minimum Gasteiger partial charge on any atom is -0.452 e. The summed E-state index contributed by atoms with van der Waals surface area (Å²) in [4.78, 5) is 16.5. The van der Waals surface area contributed by atoms with E-state index in [-0.39, 0.29) is 12.5 Å². The summed E-state index contributed by atoms with van der Waals surface area (Å²) in [6, 6.07) is 16.0. The van der Waals surface area contributed by atoms with Gasteiger partial charge in [-0.25, -0.2) is 9.48 Å². The highest BCUT2D eigenvalue weighted by Crippen LogP contribution is 2.20. The summed E-state index contributed by atoms with van der Waals surface area (Å²) in [6.07, 6.45) is 1.72. The van der Waals surface area contributed by atoms with Crippen molar-refractivity contribution in [1.29, 1.82) is 0 Å². The van der Waals surface area contributed by atoms with E-state index in [9.17, 15) is 4.79 Å². The number of hydrogen-bond donors (Lipinski definition) is 0. The number of aromatic nitrogens is 4. The number of ether oxygens (including phenoxy) is 1. The molecule has 0 saturated carbocycles. The summed E-state index contributed by atoms with van der Waals surface area (Å²) < 4.78 is 12.2. The van der Waals surface area contributed by atoms with E-state index < -0.39 is 5.97 Å². The minimum atomic E-state index is -0.480. The monoisotopic (exact) mass is 394 g/mol. The lowest BCUT2D eigenvalue weighted by atomic mass is 10.2. The van der Waals surface area contributed by atoms with Crippen LogP contribution in [-0.4, -0.2) is 25.9 Å². The predicted molar refractivity (Wildman–Crippen MR) is 102 cm³/mol. The van der Waals surface area contributed by atoms with E-state index in [1.807, 2.05) is 19.1 Å². The average molecular weight is 395 g/mol. The normalized spacial score (nSPS) is 10.8. The second kappa shape index (κ2) is 7.66. The van der Waals surface area contributed by atoms with Gasteiger partial charge in [0.25, 0.3) is 5.89 Å². The molecule has 4 rings (SSSR count). The van der Waals surface area contributed by atoms with E-state index in [1.54, 1.807) is 53.3 Å². The highest BCUT2D eigenvalue weighted by atomic mass is 35.5. The second-order valence-corrected chi connectivity index (χ2v) is 6.47. The number of benzene rings is 2. The number of carbonyl (C=O) groups excluding carboxylic acids is 1. The number of nitrogens with zero attached hydrogens (tertiary/aromatic N) is 4. The van der Waals surface area contributed by atoms with Crippen LogP contribution in [0.5, 0.6) is 0 Å². The van der Waals surface area contributed by atoms with E-state index in [1.165, 1.54) is 0 Å². The molecular weight excluding hydrogens is 380 g/mol. The Morgan fingerprint density at radius 3 is 2.71 bits per heavy atom. The Kier molecular flexibility index (Phi) is 4.90. The molecule has 2 aromatic carbocycles. The van der Waals surface area contributed by atoms with E-state index in [0.717, 1.165) is 16.9 Å². The van der Waals surface area contributed by atoms with Gasteiger partial charge in [-0.3, -0.25) is 0 Å². The van der Waals surface area contributed by atoms with Gasteiger partial charge in [0.1, 0.15) is 0 Å². The van der Waals surface area contributed by atoms with E-state index in [0.29, 0.717) is 16.4 Å². The number of hydrogen-bond acceptors (Lipinski definition) is 6. The Morgan fingerprint density at radius 1 is 1.18 bits per heavy atom. The Balaban J connectivity index is 1.40. The van der Waals surface area contributed by atoms with Crippen LogP contribution in [0.4, 0.5) is 0 Å². The van der Waals surface area contributed by atoms with Crippen LogP contribution in [0, 0.1) is 6.92 Å². The van der Waals surface area contributed by atoms with Crippen LogP contribution in [0.2, 0.25) is 5.02 Å². The van der Waals surface area contributed by atoms with Crippen molar-refractivity contribution in [2.75, 3.05) is 0 Å². The molecule has 140 valence electrons. The first-order chi connectivity index (χ1) is 13.6. The summed E-state index contributed by atoms with van der Waals surface area (Å²) in [7, 11) is 0. The molecule has 0 fully saturated rings.